The molecule has 3 rings (SSSR count). The third-order valence-electron chi connectivity index (χ3n) is 3.80. The molecule has 138 valence electrons. The minimum Gasteiger partial charge on any atom is -0.496 e. The molecule has 9 heteroatoms. The van der Waals surface area contributed by atoms with Crippen molar-refractivity contribution in [3.05, 3.63) is 46.7 Å². The normalized spacial score (nSPS) is 11.7. The maximum atomic E-state index is 12.7. The molecule has 0 unspecified atom stereocenters. The predicted molar refractivity (Wildman–Crippen MR) is 98.7 cm³/mol. The largest absolute Gasteiger partial charge is 0.496 e. The van der Waals surface area contributed by atoms with E-state index in [0.29, 0.717) is 33.6 Å². The first-order chi connectivity index (χ1) is 12.4. The highest BCUT2D eigenvalue weighted by molar-refractivity contribution is 7.89. The van der Waals surface area contributed by atoms with Crippen molar-refractivity contribution in [1.82, 2.24) is 14.9 Å². The van der Waals surface area contributed by atoms with E-state index in [1.807, 2.05) is 25.1 Å². The Morgan fingerprint density at radius 1 is 1.31 bits per heavy atom. The molecule has 0 aliphatic heterocycles. The Bertz CT molecular complexity index is 1010. The quantitative estimate of drug-likeness (QED) is 0.663. The monoisotopic (exact) mass is 393 g/mol. The molecule has 2 heterocycles. The van der Waals surface area contributed by atoms with Gasteiger partial charge in [-0.2, -0.15) is 4.98 Å². The van der Waals surface area contributed by atoms with E-state index in [4.69, 9.17) is 9.26 Å². The Morgan fingerprint density at radius 2 is 2.08 bits per heavy atom. The van der Waals surface area contributed by atoms with Crippen LogP contribution in [0.3, 0.4) is 0 Å². The summed E-state index contributed by atoms with van der Waals surface area (Å²) in [5, 5.41) is 3.90. The van der Waals surface area contributed by atoms with Crippen LogP contribution in [0.5, 0.6) is 5.75 Å². The van der Waals surface area contributed by atoms with Crippen molar-refractivity contribution in [2.24, 2.45) is 0 Å². The van der Waals surface area contributed by atoms with Crippen LogP contribution in [-0.4, -0.2) is 25.7 Å². The highest BCUT2D eigenvalue weighted by Crippen LogP contribution is 2.32. The topological polar surface area (TPSA) is 94.3 Å². The summed E-state index contributed by atoms with van der Waals surface area (Å²) in [4.78, 5) is 5.79. The van der Waals surface area contributed by atoms with Crippen molar-refractivity contribution < 1.29 is 17.7 Å². The Kier molecular flexibility index (Phi) is 5.40. The number of thiophene rings is 1. The minimum absolute atomic E-state index is 0.138. The fourth-order valence-corrected chi connectivity index (χ4v) is 4.96. The Hall–Kier alpha value is -2.23. The van der Waals surface area contributed by atoms with Gasteiger partial charge in [0.1, 0.15) is 5.75 Å². The van der Waals surface area contributed by atoms with Crippen molar-refractivity contribution in [3.8, 4) is 16.5 Å². The summed E-state index contributed by atoms with van der Waals surface area (Å²) in [6, 6.07) is 8.86. The molecule has 3 aromatic rings. The van der Waals surface area contributed by atoms with Gasteiger partial charge in [0, 0.05) is 23.4 Å². The predicted octanol–water partition coefficient (Wildman–Crippen LogP) is 3.16. The fraction of sp³-hybridized carbons (Fsp3) is 0.294. The summed E-state index contributed by atoms with van der Waals surface area (Å²) >= 11 is 1.32. The van der Waals surface area contributed by atoms with Crippen LogP contribution in [0.4, 0.5) is 0 Å². The zero-order valence-electron chi connectivity index (χ0n) is 14.6. The van der Waals surface area contributed by atoms with E-state index < -0.39 is 10.0 Å². The fourth-order valence-electron chi connectivity index (χ4n) is 2.44. The highest BCUT2D eigenvalue weighted by Gasteiger charge is 2.22. The van der Waals surface area contributed by atoms with E-state index in [1.54, 1.807) is 26.2 Å². The molecule has 1 N–H and O–H groups in total. The summed E-state index contributed by atoms with van der Waals surface area (Å²) in [7, 11) is -2.13. The van der Waals surface area contributed by atoms with Gasteiger partial charge < -0.3 is 9.26 Å². The van der Waals surface area contributed by atoms with Crippen LogP contribution in [0.15, 0.2) is 39.8 Å². The minimum atomic E-state index is -3.68. The molecule has 1 aromatic carbocycles. The molecule has 2 aromatic heterocycles. The second kappa shape index (κ2) is 7.56. The Labute approximate surface area is 156 Å². The van der Waals surface area contributed by atoms with Gasteiger partial charge in [-0.1, -0.05) is 30.3 Å². The molecule has 7 nitrogen and oxygen atoms in total. The number of rotatable bonds is 7. The number of hydrogen-bond acceptors (Lipinski definition) is 7. The van der Waals surface area contributed by atoms with Gasteiger partial charge in [0.05, 0.1) is 16.9 Å². The number of benzene rings is 1. The van der Waals surface area contributed by atoms with Crippen molar-refractivity contribution in [2.45, 2.75) is 31.7 Å². The molecule has 0 fully saturated rings. The van der Waals surface area contributed by atoms with Crippen molar-refractivity contribution in [3.63, 3.8) is 0 Å². The molecule has 0 aliphatic rings. The molecule has 0 amide bonds. The van der Waals surface area contributed by atoms with Gasteiger partial charge in [0.2, 0.25) is 21.7 Å². The maximum absolute atomic E-state index is 12.7. The van der Waals surface area contributed by atoms with Crippen LogP contribution in [0.1, 0.15) is 23.3 Å². The van der Waals surface area contributed by atoms with E-state index >= 15 is 0 Å². The number of ether oxygens (including phenoxy) is 1. The lowest BCUT2D eigenvalue weighted by Gasteiger charge is -2.09. The lowest BCUT2D eigenvalue weighted by atomic mass is 10.2. The average molecular weight is 393 g/mol. The Balaban J connectivity index is 1.83. The Morgan fingerprint density at radius 3 is 2.77 bits per heavy atom. The lowest BCUT2D eigenvalue weighted by molar-refractivity contribution is 0.383. The first-order valence-electron chi connectivity index (χ1n) is 7.99. The smallest absolute Gasteiger partial charge is 0.241 e. The number of aryl methyl sites for hydroxylation is 2. The molecule has 26 heavy (non-hydrogen) atoms. The van der Waals surface area contributed by atoms with E-state index in [2.05, 4.69) is 14.9 Å². The van der Waals surface area contributed by atoms with Gasteiger partial charge in [-0.15, -0.1) is 11.3 Å². The summed E-state index contributed by atoms with van der Waals surface area (Å²) < 4.78 is 38.4. The third kappa shape index (κ3) is 3.79. The molecule has 0 aliphatic carbocycles. The van der Waals surface area contributed by atoms with Crippen LogP contribution >= 0.6 is 11.3 Å². The number of nitrogens with zero attached hydrogens (tertiary/aromatic N) is 2. The summed E-state index contributed by atoms with van der Waals surface area (Å²) in [5.74, 6) is 1.56. The van der Waals surface area contributed by atoms with Gasteiger partial charge in [-0.25, -0.2) is 13.1 Å². The zero-order chi connectivity index (χ0) is 18.7. The van der Waals surface area contributed by atoms with Gasteiger partial charge in [-0.3, -0.25) is 0 Å². The summed E-state index contributed by atoms with van der Waals surface area (Å²) in [6.07, 6.45) is 0.628. The van der Waals surface area contributed by atoms with Gasteiger partial charge in [0.15, 0.2) is 0 Å². The van der Waals surface area contributed by atoms with Crippen molar-refractivity contribution >= 4 is 21.4 Å². The van der Waals surface area contributed by atoms with Crippen LogP contribution < -0.4 is 9.46 Å². The standard InChI is InChI=1S/C17H19N3O4S2/c1-4-16-19-17(20-24-16)14-9-15(11(2)25-14)26(21,22)18-10-12-7-5-6-8-13(12)23-3/h5-9,18H,4,10H2,1-3H3. The maximum Gasteiger partial charge on any atom is 0.241 e. The highest BCUT2D eigenvalue weighted by atomic mass is 32.2. The molecular weight excluding hydrogens is 374 g/mol. The van der Waals surface area contributed by atoms with Gasteiger partial charge in [0.25, 0.3) is 0 Å². The number of methoxy groups -OCH3 is 1. The van der Waals surface area contributed by atoms with E-state index in [9.17, 15) is 8.42 Å². The van der Waals surface area contributed by atoms with E-state index in [-0.39, 0.29) is 11.4 Å². The first kappa shape index (κ1) is 18.6. The van der Waals surface area contributed by atoms with E-state index in [1.165, 1.54) is 11.3 Å². The lowest BCUT2D eigenvalue weighted by Crippen LogP contribution is -2.23. The summed E-state index contributed by atoms with van der Waals surface area (Å²) in [6.45, 7) is 3.81. The molecule has 0 atom stereocenters. The molecule has 0 saturated carbocycles. The number of sulfonamides is 1. The molecular formula is C17H19N3O4S2. The van der Waals surface area contributed by atoms with Crippen molar-refractivity contribution in [2.75, 3.05) is 7.11 Å². The van der Waals surface area contributed by atoms with Crippen LogP contribution in [-0.2, 0) is 23.0 Å². The van der Waals surface area contributed by atoms with Crippen molar-refractivity contribution in [1.29, 1.82) is 0 Å². The SMILES string of the molecule is CCc1nc(-c2cc(S(=O)(=O)NCc3ccccc3OC)c(C)s2)no1. The second-order valence-corrected chi connectivity index (χ2v) is 8.52. The van der Waals surface area contributed by atoms with Gasteiger partial charge >= 0.3 is 0 Å². The number of hydrogen-bond donors (Lipinski definition) is 1. The van der Waals surface area contributed by atoms with Crippen LogP contribution in [0.2, 0.25) is 0 Å². The zero-order valence-corrected chi connectivity index (χ0v) is 16.3. The van der Waals surface area contributed by atoms with E-state index in [0.717, 1.165) is 5.56 Å². The number of para-hydroxylation sites is 1. The average Bonchev–Trinajstić information content (AvgIpc) is 3.27. The molecule has 0 spiro atoms. The molecule has 0 radical (unpaired) electrons. The first-order valence-corrected chi connectivity index (χ1v) is 10.3. The summed E-state index contributed by atoms with van der Waals surface area (Å²) in [5.41, 5.74) is 0.762. The second-order valence-electron chi connectivity index (χ2n) is 5.53. The van der Waals surface area contributed by atoms with Gasteiger partial charge in [-0.05, 0) is 19.1 Å². The van der Waals surface area contributed by atoms with Crippen LogP contribution in [0, 0.1) is 6.92 Å². The number of nitrogens with one attached hydrogen (secondary N) is 1. The molecule has 0 saturated heterocycles. The third-order valence-corrected chi connectivity index (χ3v) is 6.50. The molecule has 0 bridgehead atoms. The van der Waals surface area contributed by atoms with Crippen LogP contribution in [0.25, 0.3) is 10.7 Å². The number of aromatic nitrogens is 2.